The molecule has 1 aromatic rings. The topological polar surface area (TPSA) is 0 Å². The second-order valence-electron chi connectivity index (χ2n) is 4.54. The fourth-order valence-electron chi connectivity index (χ4n) is 1.52. The largest absolute Gasteiger partial charge is 0.204 e. The lowest BCUT2D eigenvalue weighted by Crippen LogP contribution is -2.20. The number of halogens is 3. The van der Waals surface area contributed by atoms with Crippen molar-refractivity contribution in [2.24, 2.45) is 11.8 Å². The summed E-state index contributed by atoms with van der Waals surface area (Å²) in [6.07, 6.45) is 0.366. The lowest BCUT2D eigenvalue weighted by molar-refractivity contribution is 0.394. The quantitative estimate of drug-likeness (QED) is 0.691. The normalized spacial score (nSPS) is 15.2. The summed E-state index contributed by atoms with van der Waals surface area (Å²) in [6.45, 7) is 6.17. The zero-order valence-electron chi connectivity index (χ0n) is 9.81. The average molecular weight is 247 g/mol. The Bertz CT molecular complexity index is 350. The first-order valence-corrected chi connectivity index (χ1v) is 5.94. The van der Waals surface area contributed by atoms with Crippen LogP contribution in [0.1, 0.15) is 26.3 Å². The van der Waals surface area contributed by atoms with Gasteiger partial charge in [-0.1, -0.05) is 32.9 Å². The second-order valence-corrected chi connectivity index (χ2v) is 5.10. The highest BCUT2D eigenvalue weighted by molar-refractivity contribution is 6.20. The Morgan fingerprint density at radius 2 is 1.81 bits per heavy atom. The third-order valence-corrected chi connectivity index (χ3v) is 3.62. The first kappa shape index (κ1) is 13.4. The fourth-order valence-corrected chi connectivity index (χ4v) is 1.98. The molecule has 1 rings (SSSR count). The van der Waals surface area contributed by atoms with Crippen molar-refractivity contribution in [1.82, 2.24) is 0 Å². The summed E-state index contributed by atoms with van der Waals surface area (Å²) in [5.74, 6) is -0.883. The van der Waals surface area contributed by atoms with Crippen molar-refractivity contribution in [3.8, 4) is 0 Å². The van der Waals surface area contributed by atoms with Crippen LogP contribution < -0.4 is 0 Å². The third kappa shape index (κ3) is 3.18. The Morgan fingerprint density at radius 3 is 2.38 bits per heavy atom. The van der Waals surface area contributed by atoms with Crippen LogP contribution in [0.2, 0.25) is 0 Å². The Labute approximate surface area is 101 Å². The first-order chi connectivity index (χ1) is 7.43. The van der Waals surface area contributed by atoms with Crippen LogP contribution >= 0.6 is 11.6 Å². The molecule has 0 aliphatic rings. The standard InChI is InChI=1S/C13H17ClF2/c1-8(2)9(3)11(14)7-10-5-4-6-12(15)13(10)16/h4-6,8-9,11H,7H2,1-3H3. The van der Waals surface area contributed by atoms with E-state index in [2.05, 4.69) is 13.8 Å². The Balaban J connectivity index is 2.77. The van der Waals surface area contributed by atoms with E-state index in [4.69, 9.17) is 11.6 Å². The van der Waals surface area contributed by atoms with Crippen LogP contribution in [0.4, 0.5) is 8.78 Å². The minimum atomic E-state index is -0.807. The van der Waals surface area contributed by atoms with Gasteiger partial charge >= 0.3 is 0 Å². The molecule has 0 aromatic heterocycles. The molecule has 2 unspecified atom stereocenters. The summed E-state index contributed by atoms with van der Waals surface area (Å²) < 4.78 is 26.4. The molecule has 0 N–H and O–H groups in total. The summed E-state index contributed by atoms with van der Waals surface area (Å²) in [6, 6.07) is 4.21. The molecule has 2 atom stereocenters. The molecule has 0 heterocycles. The van der Waals surface area contributed by atoms with Crippen LogP contribution in [-0.2, 0) is 6.42 Å². The highest BCUT2D eigenvalue weighted by Gasteiger charge is 2.20. The van der Waals surface area contributed by atoms with E-state index in [1.807, 2.05) is 6.92 Å². The van der Waals surface area contributed by atoms with Gasteiger partial charge in [-0.25, -0.2) is 8.78 Å². The Hall–Kier alpha value is -0.630. The summed E-state index contributed by atoms with van der Waals surface area (Å²) >= 11 is 6.20. The number of rotatable bonds is 4. The molecule has 3 heteroatoms. The molecule has 0 nitrogen and oxygen atoms in total. The number of benzene rings is 1. The van der Waals surface area contributed by atoms with E-state index in [0.717, 1.165) is 6.07 Å². The number of hydrogen-bond acceptors (Lipinski definition) is 0. The van der Waals surface area contributed by atoms with E-state index in [1.54, 1.807) is 6.07 Å². The average Bonchev–Trinajstić information content (AvgIpc) is 2.23. The minimum Gasteiger partial charge on any atom is -0.204 e. The lowest BCUT2D eigenvalue weighted by Gasteiger charge is -2.21. The van der Waals surface area contributed by atoms with Gasteiger partial charge < -0.3 is 0 Å². The van der Waals surface area contributed by atoms with Crippen LogP contribution in [0.5, 0.6) is 0 Å². The predicted octanol–water partition coefficient (Wildman–Crippen LogP) is 4.41. The van der Waals surface area contributed by atoms with Crippen LogP contribution in [-0.4, -0.2) is 5.38 Å². The maximum Gasteiger partial charge on any atom is 0.162 e. The van der Waals surface area contributed by atoms with Crippen LogP contribution in [0.3, 0.4) is 0 Å². The predicted molar refractivity (Wildman–Crippen MR) is 63.7 cm³/mol. The van der Waals surface area contributed by atoms with E-state index in [9.17, 15) is 8.78 Å². The van der Waals surface area contributed by atoms with Crippen molar-refractivity contribution in [3.05, 3.63) is 35.4 Å². The smallest absolute Gasteiger partial charge is 0.162 e. The molecule has 0 radical (unpaired) electrons. The first-order valence-electron chi connectivity index (χ1n) is 5.50. The van der Waals surface area contributed by atoms with Crippen molar-refractivity contribution in [3.63, 3.8) is 0 Å². The summed E-state index contributed by atoms with van der Waals surface area (Å²) in [5.41, 5.74) is 0.354. The molecule has 90 valence electrons. The van der Waals surface area contributed by atoms with Crippen LogP contribution in [0.25, 0.3) is 0 Å². The van der Waals surface area contributed by atoms with Crippen molar-refractivity contribution < 1.29 is 8.78 Å². The van der Waals surface area contributed by atoms with E-state index < -0.39 is 11.6 Å². The van der Waals surface area contributed by atoms with E-state index >= 15 is 0 Å². The molecule has 0 spiro atoms. The molecule has 0 saturated carbocycles. The van der Waals surface area contributed by atoms with E-state index in [1.165, 1.54) is 6.07 Å². The van der Waals surface area contributed by atoms with Gasteiger partial charge in [0, 0.05) is 5.38 Å². The molecular weight excluding hydrogens is 230 g/mol. The molecular formula is C13H17ClF2. The Kier molecular flexibility index (Phi) is 4.72. The van der Waals surface area contributed by atoms with Gasteiger partial charge in [0.1, 0.15) is 0 Å². The maximum absolute atomic E-state index is 13.4. The zero-order chi connectivity index (χ0) is 12.3. The molecule has 0 bridgehead atoms. The third-order valence-electron chi connectivity index (χ3n) is 3.07. The van der Waals surface area contributed by atoms with E-state index in [-0.39, 0.29) is 11.3 Å². The van der Waals surface area contributed by atoms with Crippen molar-refractivity contribution in [1.29, 1.82) is 0 Å². The van der Waals surface area contributed by atoms with Gasteiger partial charge in [-0.15, -0.1) is 11.6 Å². The molecule has 16 heavy (non-hydrogen) atoms. The number of hydrogen-bond donors (Lipinski definition) is 0. The van der Waals surface area contributed by atoms with Gasteiger partial charge in [0.05, 0.1) is 0 Å². The van der Waals surface area contributed by atoms with Crippen molar-refractivity contribution in [2.45, 2.75) is 32.6 Å². The van der Waals surface area contributed by atoms with Gasteiger partial charge in [0.25, 0.3) is 0 Å². The summed E-state index contributed by atoms with van der Waals surface area (Å²) in [5, 5.41) is -0.170. The monoisotopic (exact) mass is 246 g/mol. The van der Waals surface area contributed by atoms with Gasteiger partial charge in [0.2, 0.25) is 0 Å². The maximum atomic E-state index is 13.4. The lowest BCUT2D eigenvalue weighted by atomic mass is 9.91. The summed E-state index contributed by atoms with van der Waals surface area (Å²) in [4.78, 5) is 0. The SMILES string of the molecule is CC(C)C(C)C(Cl)Cc1cccc(F)c1F. The fraction of sp³-hybridized carbons (Fsp3) is 0.538. The Morgan fingerprint density at radius 1 is 1.19 bits per heavy atom. The number of alkyl halides is 1. The van der Waals surface area contributed by atoms with Gasteiger partial charge in [-0.2, -0.15) is 0 Å². The zero-order valence-corrected chi connectivity index (χ0v) is 10.6. The molecule has 0 amide bonds. The summed E-state index contributed by atoms with van der Waals surface area (Å²) in [7, 11) is 0. The molecule has 0 saturated heterocycles. The van der Waals surface area contributed by atoms with Crippen LogP contribution in [0, 0.1) is 23.5 Å². The van der Waals surface area contributed by atoms with Gasteiger partial charge in [0.15, 0.2) is 11.6 Å². The highest BCUT2D eigenvalue weighted by Crippen LogP contribution is 2.24. The van der Waals surface area contributed by atoms with Gasteiger partial charge in [-0.05, 0) is 29.9 Å². The minimum absolute atomic E-state index is 0.170. The second kappa shape index (κ2) is 5.62. The molecule has 0 aliphatic heterocycles. The van der Waals surface area contributed by atoms with Gasteiger partial charge in [-0.3, -0.25) is 0 Å². The molecule has 0 fully saturated rings. The highest BCUT2D eigenvalue weighted by atomic mass is 35.5. The van der Waals surface area contributed by atoms with Crippen LogP contribution in [0.15, 0.2) is 18.2 Å². The van der Waals surface area contributed by atoms with Crippen molar-refractivity contribution >= 4 is 11.6 Å². The van der Waals surface area contributed by atoms with Crippen molar-refractivity contribution in [2.75, 3.05) is 0 Å². The molecule has 0 aliphatic carbocycles. The molecule has 1 aromatic carbocycles. The van der Waals surface area contributed by atoms with E-state index in [0.29, 0.717) is 17.9 Å².